The van der Waals surface area contributed by atoms with E-state index in [1.54, 1.807) is 0 Å². The first-order valence-electron chi connectivity index (χ1n) is 8.67. The molecule has 2 aromatic rings. The van der Waals surface area contributed by atoms with Crippen LogP contribution in [0.2, 0.25) is 0 Å². The van der Waals surface area contributed by atoms with E-state index in [4.69, 9.17) is 0 Å². The zero-order valence-electron chi connectivity index (χ0n) is 14.2. The summed E-state index contributed by atoms with van der Waals surface area (Å²) < 4.78 is 0. The van der Waals surface area contributed by atoms with Crippen molar-refractivity contribution in [2.24, 2.45) is 5.41 Å². The Balaban J connectivity index is 1.48. The van der Waals surface area contributed by atoms with Crippen molar-refractivity contribution in [2.45, 2.75) is 37.9 Å². The number of carbonyl (C=O) groups excluding carboxylic acids is 2. The molecule has 25 heavy (non-hydrogen) atoms. The van der Waals surface area contributed by atoms with Gasteiger partial charge in [0.25, 0.3) is 5.24 Å². The van der Waals surface area contributed by atoms with Gasteiger partial charge >= 0.3 is 0 Å². The van der Waals surface area contributed by atoms with Crippen LogP contribution >= 0.6 is 11.8 Å². The fraction of sp³-hybridized carbons (Fsp3) is 0.333. The highest BCUT2D eigenvalue weighted by molar-refractivity contribution is 8.15. The lowest BCUT2D eigenvalue weighted by molar-refractivity contribution is -0.118. The predicted octanol–water partition coefficient (Wildman–Crippen LogP) is 3.93. The van der Waals surface area contributed by atoms with E-state index in [2.05, 4.69) is 60.8 Å². The van der Waals surface area contributed by atoms with Crippen LogP contribution in [0.3, 0.4) is 0 Å². The van der Waals surface area contributed by atoms with Crippen LogP contribution in [0.25, 0.3) is 0 Å². The summed E-state index contributed by atoms with van der Waals surface area (Å²) in [7, 11) is 0. The molecular formula is C21H21NO2S. The van der Waals surface area contributed by atoms with Gasteiger partial charge in [-0.3, -0.25) is 14.9 Å². The molecule has 2 atom stereocenters. The van der Waals surface area contributed by atoms with Crippen LogP contribution in [-0.4, -0.2) is 16.4 Å². The Morgan fingerprint density at radius 1 is 1.04 bits per heavy atom. The average Bonchev–Trinajstić information content (AvgIpc) is 3.06. The molecule has 4 heteroatoms. The van der Waals surface area contributed by atoms with Crippen LogP contribution < -0.4 is 5.32 Å². The summed E-state index contributed by atoms with van der Waals surface area (Å²) in [6.07, 6.45) is 3.85. The highest BCUT2D eigenvalue weighted by Gasteiger charge is 2.34. The summed E-state index contributed by atoms with van der Waals surface area (Å²) in [5.74, 6) is -0.163. The Kier molecular flexibility index (Phi) is 4.16. The topological polar surface area (TPSA) is 46.2 Å². The van der Waals surface area contributed by atoms with E-state index in [0.29, 0.717) is 6.42 Å². The lowest BCUT2D eigenvalue weighted by Crippen LogP contribution is -2.25. The highest BCUT2D eigenvalue weighted by atomic mass is 32.2. The van der Waals surface area contributed by atoms with E-state index in [1.165, 1.54) is 16.7 Å². The lowest BCUT2D eigenvalue weighted by Gasteiger charge is -2.23. The molecule has 1 fully saturated rings. The largest absolute Gasteiger partial charge is 0.286 e. The average molecular weight is 351 g/mol. The van der Waals surface area contributed by atoms with Gasteiger partial charge in [0.15, 0.2) is 0 Å². The third-order valence-corrected chi connectivity index (χ3v) is 6.15. The third-order valence-electron chi connectivity index (χ3n) is 5.17. The van der Waals surface area contributed by atoms with Crippen molar-refractivity contribution in [3.63, 3.8) is 0 Å². The quantitative estimate of drug-likeness (QED) is 0.908. The van der Waals surface area contributed by atoms with Crippen molar-refractivity contribution in [2.75, 3.05) is 0 Å². The van der Waals surface area contributed by atoms with Crippen molar-refractivity contribution < 1.29 is 9.59 Å². The normalized spacial score (nSPS) is 25.1. The number of nitrogens with one attached hydrogen (secondary N) is 1. The fourth-order valence-corrected chi connectivity index (χ4v) is 4.94. The molecule has 2 aliphatic rings. The molecule has 0 spiro atoms. The van der Waals surface area contributed by atoms with Crippen molar-refractivity contribution in [3.05, 3.63) is 70.8 Å². The first-order valence-corrected chi connectivity index (χ1v) is 9.55. The van der Waals surface area contributed by atoms with Crippen LogP contribution in [0, 0.1) is 5.41 Å². The molecule has 128 valence electrons. The summed E-state index contributed by atoms with van der Waals surface area (Å²) in [5, 5.41) is 1.85. The summed E-state index contributed by atoms with van der Waals surface area (Å²) in [4.78, 5) is 23.1. The Morgan fingerprint density at radius 3 is 2.52 bits per heavy atom. The van der Waals surface area contributed by atoms with Gasteiger partial charge in [0.05, 0.1) is 5.25 Å². The molecule has 0 radical (unpaired) electrons. The molecule has 2 unspecified atom stereocenters. The minimum Gasteiger partial charge on any atom is -0.286 e. The maximum absolute atomic E-state index is 11.8. The molecule has 2 aromatic carbocycles. The maximum atomic E-state index is 11.8. The number of hydrogen-bond acceptors (Lipinski definition) is 3. The van der Waals surface area contributed by atoms with Gasteiger partial charge in [-0.05, 0) is 53.4 Å². The van der Waals surface area contributed by atoms with Crippen LogP contribution in [-0.2, 0) is 30.5 Å². The van der Waals surface area contributed by atoms with Crippen molar-refractivity contribution in [1.82, 2.24) is 5.32 Å². The SMILES string of the molecule is CC1(Cc2ccccc2)Cc2ccc(CC3SC(=O)NC3=O)cc2C1. The Morgan fingerprint density at radius 2 is 1.80 bits per heavy atom. The summed E-state index contributed by atoms with van der Waals surface area (Å²) in [6.45, 7) is 2.36. The van der Waals surface area contributed by atoms with E-state index >= 15 is 0 Å². The van der Waals surface area contributed by atoms with Crippen LogP contribution in [0.15, 0.2) is 48.5 Å². The Hall–Kier alpha value is -2.07. The zero-order valence-corrected chi connectivity index (χ0v) is 15.1. The summed E-state index contributed by atoms with van der Waals surface area (Å²) >= 11 is 1.10. The number of amides is 2. The Bertz CT molecular complexity index is 833. The van der Waals surface area contributed by atoms with Crippen LogP contribution in [0.4, 0.5) is 4.79 Å². The van der Waals surface area contributed by atoms with Gasteiger partial charge in [-0.1, -0.05) is 67.2 Å². The van der Waals surface area contributed by atoms with Crippen molar-refractivity contribution >= 4 is 22.9 Å². The third kappa shape index (κ3) is 3.49. The number of rotatable bonds is 4. The fourth-order valence-electron chi connectivity index (χ4n) is 4.08. The molecule has 1 aliphatic heterocycles. The molecule has 3 nitrogen and oxygen atoms in total. The minimum atomic E-state index is -0.289. The van der Waals surface area contributed by atoms with Gasteiger partial charge in [-0.25, -0.2) is 0 Å². The van der Waals surface area contributed by atoms with Crippen LogP contribution in [0.5, 0.6) is 0 Å². The molecule has 1 heterocycles. The molecule has 0 saturated carbocycles. The monoisotopic (exact) mass is 351 g/mol. The zero-order chi connectivity index (χ0) is 17.4. The van der Waals surface area contributed by atoms with Gasteiger partial charge < -0.3 is 0 Å². The predicted molar refractivity (Wildman–Crippen MR) is 101 cm³/mol. The minimum absolute atomic E-state index is 0.163. The van der Waals surface area contributed by atoms with Crippen molar-refractivity contribution in [3.8, 4) is 0 Å². The number of hydrogen-bond donors (Lipinski definition) is 1. The van der Waals surface area contributed by atoms with Gasteiger partial charge in [0, 0.05) is 0 Å². The molecule has 0 aromatic heterocycles. The van der Waals surface area contributed by atoms with Gasteiger partial charge in [0.2, 0.25) is 5.91 Å². The number of carbonyl (C=O) groups is 2. The summed E-state index contributed by atoms with van der Waals surface area (Å²) in [5.41, 5.74) is 5.59. The molecular weight excluding hydrogens is 330 g/mol. The first-order chi connectivity index (χ1) is 12.0. The van der Waals surface area contributed by atoms with E-state index in [-0.39, 0.29) is 21.8 Å². The van der Waals surface area contributed by atoms with Crippen LogP contribution in [0.1, 0.15) is 29.2 Å². The smallest absolute Gasteiger partial charge is 0.286 e. The molecule has 1 saturated heterocycles. The maximum Gasteiger partial charge on any atom is 0.286 e. The van der Waals surface area contributed by atoms with E-state index in [1.807, 2.05) is 0 Å². The standard InChI is InChI=1S/C21H21NO2S/c1-21(11-14-5-3-2-4-6-14)12-16-8-7-15(9-17(16)13-21)10-18-19(23)22-20(24)25-18/h2-9,18H,10-13H2,1H3,(H,22,23,24). The second-order valence-electron chi connectivity index (χ2n) is 7.52. The number of fused-ring (bicyclic) bond motifs is 1. The number of benzene rings is 2. The molecule has 1 N–H and O–H groups in total. The van der Waals surface area contributed by atoms with E-state index < -0.39 is 0 Å². The van der Waals surface area contributed by atoms with E-state index in [9.17, 15) is 9.59 Å². The molecule has 0 bridgehead atoms. The number of imide groups is 1. The second kappa shape index (κ2) is 6.34. The van der Waals surface area contributed by atoms with Gasteiger partial charge in [-0.15, -0.1) is 0 Å². The summed E-state index contributed by atoms with van der Waals surface area (Å²) in [6, 6.07) is 17.2. The van der Waals surface area contributed by atoms with Gasteiger partial charge in [0.1, 0.15) is 0 Å². The highest BCUT2D eigenvalue weighted by Crippen LogP contribution is 2.40. The van der Waals surface area contributed by atoms with Crippen molar-refractivity contribution in [1.29, 1.82) is 0 Å². The molecule has 4 rings (SSSR count). The molecule has 2 amide bonds. The first kappa shape index (κ1) is 16.4. The molecule has 1 aliphatic carbocycles. The van der Waals surface area contributed by atoms with E-state index in [0.717, 1.165) is 36.6 Å². The Labute approximate surface area is 152 Å². The second-order valence-corrected chi connectivity index (χ2v) is 8.69. The number of thioether (sulfide) groups is 1. The lowest BCUT2D eigenvalue weighted by atomic mass is 9.81. The van der Waals surface area contributed by atoms with Gasteiger partial charge in [-0.2, -0.15) is 0 Å².